The summed E-state index contributed by atoms with van der Waals surface area (Å²) in [5.41, 5.74) is -0.256. The Hall–Kier alpha value is -2.24. The number of aromatic carboxylic acids is 1. The van der Waals surface area contributed by atoms with Gasteiger partial charge in [-0.1, -0.05) is 6.07 Å². The molecule has 0 fully saturated rings. The highest BCUT2D eigenvalue weighted by atomic mass is 19.2. The first kappa shape index (κ1) is 11.3. The number of carboxylic acid groups (broad SMARTS) is 1. The second-order valence-corrected chi connectivity index (χ2v) is 3.44. The zero-order valence-electron chi connectivity index (χ0n) is 8.82. The van der Waals surface area contributed by atoms with Crippen LogP contribution < -0.4 is 0 Å². The summed E-state index contributed by atoms with van der Waals surface area (Å²) in [7, 11) is 1.46. The molecule has 0 bridgehead atoms. The topological polar surface area (TPSA) is 55.1 Å². The lowest BCUT2D eigenvalue weighted by Crippen LogP contribution is -2.03. The summed E-state index contributed by atoms with van der Waals surface area (Å²) in [6.07, 6.45) is 1.10. The second-order valence-electron chi connectivity index (χ2n) is 3.44. The van der Waals surface area contributed by atoms with Crippen molar-refractivity contribution in [2.45, 2.75) is 0 Å². The number of aromatic nitrogens is 2. The van der Waals surface area contributed by atoms with Crippen LogP contribution in [0, 0.1) is 11.6 Å². The van der Waals surface area contributed by atoms with Gasteiger partial charge in [-0.05, 0) is 12.1 Å². The van der Waals surface area contributed by atoms with Crippen molar-refractivity contribution in [3.63, 3.8) is 0 Å². The molecule has 88 valence electrons. The molecule has 0 radical (unpaired) electrons. The van der Waals surface area contributed by atoms with Gasteiger partial charge in [0.15, 0.2) is 11.6 Å². The largest absolute Gasteiger partial charge is 0.478 e. The molecule has 0 spiro atoms. The minimum absolute atomic E-state index is 0.0366. The number of aryl methyl sites for hydroxylation is 1. The number of hydrogen-bond donors (Lipinski definition) is 1. The normalized spacial score (nSPS) is 10.5. The summed E-state index contributed by atoms with van der Waals surface area (Å²) >= 11 is 0. The van der Waals surface area contributed by atoms with E-state index in [9.17, 15) is 13.6 Å². The molecule has 0 aliphatic heterocycles. The maximum absolute atomic E-state index is 13.6. The molecule has 2 rings (SSSR count). The second kappa shape index (κ2) is 3.97. The van der Waals surface area contributed by atoms with Crippen molar-refractivity contribution in [1.29, 1.82) is 0 Å². The highest BCUT2D eigenvalue weighted by Gasteiger charge is 2.20. The Balaban J connectivity index is 2.72. The van der Waals surface area contributed by atoms with Gasteiger partial charge in [0.2, 0.25) is 0 Å². The van der Waals surface area contributed by atoms with E-state index in [-0.39, 0.29) is 16.8 Å². The van der Waals surface area contributed by atoms with Crippen LogP contribution in [0.3, 0.4) is 0 Å². The highest BCUT2D eigenvalue weighted by molar-refractivity contribution is 5.94. The maximum atomic E-state index is 13.6. The summed E-state index contributed by atoms with van der Waals surface area (Å²) in [6, 6.07) is 3.59. The molecule has 0 unspecified atom stereocenters. The van der Waals surface area contributed by atoms with E-state index in [1.54, 1.807) is 0 Å². The third kappa shape index (κ3) is 1.77. The molecule has 0 amide bonds. The van der Waals surface area contributed by atoms with Gasteiger partial charge >= 0.3 is 5.97 Å². The van der Waals surface area contributed by atoms with Crippen LogP contribution in [0.25, 0.3) is 11.3 Å². The number of halogens is 2. The van der Waals surface area contributed by atoms with Crippen molar-refractivity contribution < 1.29 is 18.7 Å². The van der Waals surface area contributed by atoms with Crippen molar-refractivity contribution in [3.8, 4) is 11.3 Å². The molecule has 0 aliphatic carbocycles. The Labute approximate surface area is 95.1 Å². The van der Waals surface area contributed by atoms with Crippen molar-refractivity contribution in [3.05, 3.63) is 41.6 Å². The number of carbonyl (C=O) groups is 1. The summed E-state index contributed by atoms with van der Waals surface area (Å²) in [4.78, 5) is 10.9. The average molecular weight is 238 g/mol. The van der Waals surface area contributed by atoms with Gasteiger partial charge < -0.3 is 5.11 Å². The standard InChI is InChI=1S/C11H8F2N2O2/c1-15-10(7(5-14-15)11(16)17)6-3-2-4-8(12)9(6)13/h2-5H,1H3,(H,16,17). The van der Waals surface area contributed by atoms with Crippen molar-refractivity contribution >= 4 is 5.97 Å². The zero-order valence-corrected chi connectivity index (χ0v) is 8.82. The van der Waals surface area contributed by atoms with E-state index in [1.165, 1.54) is 23.9 Å². The molecule has 17 heavy (non-hydrogen) atoms. The van der Waals surface area contributed by atoms with Crippen LogP contribution in [0.15, 0.2) is 24.4 Å². The zero-order chi connectivity index (χ0) is 12.6. The number of carboxylic acids is 1. The molecule has 1 aromatic carbocycles. The molecule has 0 atom stereocenters. The van der Waals surface area contributed by atoms with Gasteiger partial charge in [0.05, 0.1) is 11.9 Å². The molecule has 6 heteroatoms. The van der Waals surface area contributed by atoms with Gasteiger partial charge in [-0.25, -0.2) is 13.6 Å². The molecule has 0 saturated heterocycles. The van der Waals surface area contributed by atoms with Gasteiger partial charge in [0.1, 0.15) is 5.56 Å². The fraction of sp³-hybridized carbons (Fsp3) is 0.0909. The molecular formula is C11H8F2N2O2. The first-order valence-corrected chi connectivity index (χ1v) is 4.72. The number of nitrogens with zero attached hydrogens (tertiary/aromatic N) is 2. The third-order valence-corrected chi connectivity index (χ3v) is 2.38. The van der Waals surface area contributed by atoms with Crippen molar-refractivity contribution in [2.75, 3.05) is 0 Å². The Morgan fingerprint density at radius 3 is 2.76 bits per heavy atom. The van der Waals surface area contributed by atoms with E-state index in [1.807, 2.05) is 0 Å². The molecule has 2 aromatic rings. The number of rotatable bonds is 2. The van der Waals surface area contributed by atoms with Crippen LogP contribution in [0.2, 0.25) is 0 Å². The lowest BCUT2D eigenvalue weighted by Gasteiger charge is -2.05. The third-order valence-electron chi connectivity index (χ3n) is 2.38. The van der Waals surface area contributed by atoms with Gasteiger partial charge in [0.25, 0.3) is 0 Å². The molecule has 1 heterocycles. The Bertz CT molecular complexity index is 593. The number of benzene rings is 1. The fourth-order valence-electron chi connectivity index (χ4n) is 1.60. The van der Waals surface area contributed by atoms with E-state index < -0.39 is 17.6 Å². The maximum Gasteiger partial charge on any atom is 0.339 e. The summed E-state index contributed by atoms with van der Waals surface area (Å²) in [6.45, 7) is 0. The van der Waals surface area contributed by atoms with Crippen molar-refractivity contribution in [2.24, 2.45) is 7.05 Å². The molecule has 4 nitrogen and oxygen atoms in total. The Kier molecular flexibility index (Phi) is 2.63. The summed E-state index contributed by atoms with van der Waals surface area (Å²) in [5, 5.41) is 12.7. The van der Waals surface area contributed by atoms with E-state index in [4.69, 9.17) is 5.11 Å². The monoisotopic (exact) mass is 238 g/mol. The van der Waals surface area contributed by atoms with E-state index in [2.05, 4.69) is 5.10 Å². The van der Waals surface area contributed by atoms with E-state index >= 15 is 0 Å². The summed E-state index contributed by atoms with van der Waals surface area (Å²) < 4.78 is 27.9. The lowest BCUT2D eigenvalue weighted by molar-refractivity contribution is 0.0697. The van der Waals surface area contributed by atoms with Gasteiger partial charge in [0, 0.05) is 12.6 Å². The Morgan fingerprint density at radius 2 is 2.12 bits per heavy atom. The first-order chi connectivity index (χ1) is 8.02. The number of hydrogen-bond acceptors (Lipinski definition) is 2. The molecular weight excluding hydrogens is 230 g/mol. The van der Waals surface area contributed by atoms with Crippen LogP contribution in [0.4, 0.5) is 8.78 Å². The SMILES string of the molecule is Cn1ncc(C(=O)O)c1-c1cccc(F)c1F. The van der Waals surface area contributed by atoms with Crippen LogP contribution in [-0.2, 0) is 7.05 Å². The minimum Gasteiger partial charge on any atom is -0.478 e. The summed E-state index contributed by atoms with van der Waals surface area (Å²) in [5.74, 6) is -3.35. The van der Waals surface area contributed by atoms with Gasteiger partial charge in [-0.15, -0.1) is 0 Å². The predicted octanol–water partition coefficient (Wildman–Crippen LogP) is 2.06. The Morgan fingerprint density at radius 1 is 1.41 bits per heavy atom. The van der Waals surface area contributed by atoms with Gasteiger partial charge in [-0.3, -0.25) is 4.68 Å². The van der Waals surface area contributed by atoms with E-state index in [0.717, 1.165) is 12.3 Å². The van der Waals surface area contributed by atoms with Crippen LogP contribution >= 0.6 is 0 Å². The smallest absolute Gasteiger partial charge is 0.339 e. The quantitative estimate of drug-likeness (QED) is 0.871. The van der Waals surface area contributed by atoms with Crippen LogP contribution in [0.1, 0.15) is 10.4 Å². The van der Waals surface area contributed by atoms with Crippen LogP contribution in [-0.4, -0.2) is 20.9 Å². The predicted molar refractivity (Wildman–Crippen MR) is 55.5 cm³/mol. The molecule has 0 aliphatic rings. The van der Waals surface area contributed by atoms with E-state index in [0.29, 0.717) is 0 Å². The van der Waals surface area contributed by atoms with Crippen molar-refractivity contribution in [1.82, 2.24) is 9.78 Å². The first-order valence-electron chi connectivity index (χ1n) is 4.72. The fourth-order valence-corrected chi connectivity index (χ4v) is 1.60. The molecule has 1 aromatic heterocycles. The molecule has 0 saturated carbocycles. The highest BCUT2D eigenvalue weighted by Crippen LogP contribution is 2.27. The van der Waals surface area contributed by atoms with Crippen LogP contribution in [0.5, 0.6) is 0 Å². The van der Waals surface area contributed by atoms with Gasteiger partial charge in [-0.2, -0.15) is 5.10 Å². The lowest BCUT2D eigenvalue weighted by atomic mass is 10.1. The average Bonchev–Trinajstić information content (AvgIpc) is 2.65. The minimum atomic E-state index is -1.24. The molecule has 1 N–H and O–H groups in total.